The fourth-order valence-corrected chi connectivity index (χ4v) is 3.32. The maximum absolute atomic E-state index is 12.6. The molecule has 20 heavy (non-hydrogen) atoms. The molecular formula is C16H22BrNO2. The Bertz CT molecular complexity index is 487. The lowest BCUT2D eigenvalue weighted by molar-refractivity contribution is 0.0337. The number of aliphatic hydroxyl groups excluding tert-OH is 1. The summed E-state index contributed by atoms with van der Waals surface area (Å²) in [5, 5.41) is 9.55. The number of hydrogen-bond acceptors (Lipinski definition) is 2. The lowest BCUT2D eigenvalue weighted by atomic mass is 9.77. The molecule has 1 amide bonds. The van der Waals surface area contributed by atoms with Crippen molar-refractivity contribution in [2.75, 3.05) is 19.7 Å². The highest BCUT2D eigenvalue weighted by Crippen LogP contribution is 2.34. The van der Waals surface area contributed by atoms with E-state index in [4.69, 9.17) is 0 Å². The zero-order chi connectivity index (χ0) is 14.8. The third-order valence-electron chi connectivity index (χ3n) is 4.62. The van der Waals surface area contributed by atoms with E-state index >= 15 is 0 Å². The van der Waals surface area contributed by atoms with Gasteiger partial charge in [-0.15, -0.1) is 0 Å². The van der Waals surface area contributed by atoms with Gasteiger partial charge in [-0.1, -0.05) is 22.9 Å². The van der Waals surface area contributed by atoms with E-state index in [9.17, 15) is 9.90 Å². The van der Waals surface area contributed by atoms with Crippen LogP contribution >= 0.6 is 15.9 Å². The highest BCUT2D eigenvalue weighted by molar-refractivity contribution is 9.10. The van der Waals surface area contributed by atoms with Crippen molar-refractivity contribution in [3.8, 4) is 0 Å². The van der Waals surface area contributed by atoms with Crippen LogP contribution in [0.15, 0.2) is 22.7 Å². The third-order valence-corrected chi connectivity index (χ3v) is 5.11. The Balaban J connectivity index is 2.09. The average Bonchev–Trinajstić information content (AvgIpc) is 2.47. The number of aryl methyl sites for hydroxylation is 1. The maximum atomic E-state index is 12.6. The Morgan fingerprint density at radius 3 is 2.55 bits per heavy atom. The number of rotatable bonds is 3. The van der Waals surface area contributed by atoms with Crippen molar-refractivity contribution in [3.05, 3.63) is 33.8 Å². The van der Waals surface area contributed by atoms with Crippen LogP contribution in [0.25, 0.3) is 0 Å². The van der Waals surface area contributed by atoms with E-state index in [-0.39, 0.29) is 17.9 Å². The first-order valence-electron chi connectivity index (χ1n) is 7.17. The summed E-state index contributed by atoms with van der Waals surface area (Å²) in [5.74, 6) is 0.109. The van der Waals surface area contributed by atoms with E-state index < -0.39 is 0 Å². The summed E-state index contributed by atoms with van der Waals surface area (Å²) < 4.78 is 0.996. The molecule has 1 N–H and O–H groups in total. The van der Waals surface area contributed by atoms with Crippen LogP contribution in [0, 0.1) is 12.3 Å². The second kappa shape index (κ2) is 6.27. The molecule has 3 nitrogen and oxygen atoms in total. The van der Waals surface area contributed by atoms with Gasteiger partial charge in [-0.2, -0.15) is 0 Å². The van der Waals surface area contributed by atoms with Gasteiger partial charge < -0.3 is 10.0 Å². The van der Waals surface area contributed by atoms with Crippen LogP contribution in [0.5, 0.6) is 0 Å². The van der Waals surface area contributed by atoms with Crippen LogP contribution in [0.1, 0.15) is 42.1 Å². The molecule has 0 saturated carbocycles. The van der Waals surface area contributed by atoms with Gasteiger partial charge in [-0.3, -0.25) is 4.79 Å². The van der Waals surface area contributed by atoms with Crippen LogP contribution in [0.2, 0.25) is 0 Å². The number of hydrogen-bond donors (Lipinski definition) is 1. The number of carbonyl (C=O) groups excluding carboxylic acids is 1. The third kappa shape index (κ3) is 3.07. The fraction of sp³-hybridized carbons (Fsp3) is 0.562. The lowest BCUT2D eigenvalue weighted by Crippen LogP contribution is -2.44. The van der Waals surface area contributed by atoms with Crippen molar-refractivity contribution in [2.45, 2.75) is 33.1 Å². The molecule has 4 heteroatoms. The standard InChI is InChI=1S/C16H22BrNO2/c1-3-16(11-19)6-8-18(9-7-16)15(20)14-5-4-13(17)10-12(14)2/h4-5,10,19H,3,6-9,11H2,1-2H3. The molecule has 1 heterocycles. The molecule has 0 atom stereocenters. The molecule has 1 saturated heterocycles. The van der Waals surface area contributed by atoms with Gasteiger partial charge in [0.25, 0.3) is 5.91 Å². The Morgan fingerprint density at radius 2 is 2.05 bits per heavy atom. The molecule has 1 aromatic carbocycles. The highest BCUT2D eigenvalue weighted by atomic mass is 79.9. The molecule has 1 aromatic rings. The second-order valence-electron chi connectivity index (χ2n) is 5.76. The molecule has 0 radical (unpaired) electrons. The minimum Gasteiger partial charge on any atom is -0.396 e. The summed E-state index contributed by atoms with van der Waals surface area (Å²) in [4.78, 5) is 14.5. The minimum absolute atomic E-state index is 0.0194. The van der Waals surface area contributed by atoms with E-state index in [1.807, 2.05) is 30.0 Å². The average molecular weight is 340 g/mol. The number of benzene rings is 1. The molecule has 110 valence electrons. The van der Waals surface area contributed by atoms with Gasteiger partial charge in [0, 0.05) is 29.7 Å². The van der Waals surface area contributed by atoms with E-state index in [2.05, 4.69) is 22.9 Å². The molecule has 1 aliphatic rings. The molecular weight excluding hydrogens is 318 g/mol. The van der Waals surface area contributed by atoms with Gasteiger partial charge in [0.05, 0.1) is 0 Å². The Kier molecular flexibility index (Phi) is 4.86. The molecule has 1 aliphatic heterocycles. The molecule has 1 fully saturated rings. The van der Waals surface area contributed by atoms with E-state index in [0.29, 0.717) is 0 Å². The summed E-state index contributed by atoms with van der Waals surface area (Å²) in [6.45, 7) is 5.78. The lowest BCUT2D eigenvalue weighted by Gasteiger charge is -2.40. The smallest absolute Gasteiger partial charge is 0.254 e. The highest BCUT2D eigenvalue weighted by Gasteiger charge is 2.34. The SMILES string of the molecule is CCC1(CO)CCN(C(=O)c2ccc(Br)cc2C)CC1. The monoisotopic (exact) mass is 339 g/mol. The number of aliphatic hydroxyl groups is 1. The van der Waals surface area contributed by atoms with Crippen molar-refractivity contribution in [2.24, 2.45) is 5.41 Å². The predicted molar refractivity (Wildman–Crippen MR) is 83.8 cm³/mol. The number of halogens is 1. The number of nitrogens with zero attached hydrogens (tertiary/aromatic N) is 1. The molecule has 0 bridgehead atoms. The molecule has 2 rings (SSSR count). The quantitative estimate of drug-likeness (QED) is 0.916. The molecule has 0 aliphatic carbocycles. The van der Waals surface area contributed by atoms with Crippen LogP contribution in [0.4, 0.5) is 0 Å². The summed E-state index contributed by atoms with van der Waals surface area (Å²) in [7, 11) is 0. The Hall–Kier alpha value is -0.870. The molecule has 0 aromatic heterocycles. The summed E-state index contributed by atoms with van der Waals surface area (Å²) in [6, 6.07) is 5.77. The summed E-state index contributed by atoms with van der Waals surface area (Å²) >= 11 is 3.42. The Labute approximate surface area is 129 Å². The zero-order valence-electron chi connectivity index (χ0n) is 12.2. The van der Waals surface area contributed by atoms with Crippen molar-refractivity contribution in [3.63, 3.8) is 0 Å². The van der Waals surface area contributed by atoms with Crippen molar-refractivity contribution >= 4 is 21.8 Å². The van der Waals surface area contributed by atoms with Crippen molar-refractivity contribution in [1.29, 1.82) is 0 Å². The normalized spacial score (nSPS) is 18.1. The van der Waals surface area contributed by atoms with Crippen LogP contribution in [-0.4, -0.2) is 35.6 Å². The zero-order valence-corrected chi connectivity index (χ0v) is 13.7. The van der Waals surface area contributed by atoms with Gasteiger partial charge >= 0.3 is 0 Å². The van der Waals surface area contributed by atoms with Crippen molar-refractivity contribution in [1.82, 2.24) is 4.90 Å². The van der Waals surface area contributed by atoms with Gasteiger partial charge in [-0.05, 0) is 55.4 Å². The topological polar surface area (TPSA) is 40.5 Å². The number of amides is 1. The Morgan fingerprint density at radius 1 is 1.40 bits per heavy atom. The van der Waals surface area contributed by atoms with Crippen LogP contribution in [0.3, 0.4) is 0 Å². The fourth-order valence-electron chi connectivity index (χ4n) is 2.85. The van der Waals surface area contributed by atoms with Gasteiger partial charge in [-0.25, -0.2) is 0 Å². The van der Waals surface area contributed by atoms with Crippen LogP contribution in [-0.2, 0) is 0 Å². The van der Waals surface area contributed by atoms with Crippen molar-refractivity contribution < 1.29 is 9.90 Å². The largest absolute Gasteiger partial charge is 0.396 e. The van der Waals surface area contributed by atoms with Gasteiger partial charge in [0.15, 0.2) is 0 Å². The predicted octanol–water partition coefficient (Wildman–Crippen LogP) is 3.38. The van der Waals surface area contributed by atoms with E-state index in [0.717, 1.165) is 48.0 Å². The summed E-state index contributed by atoms with van der Waals surface area (Å²) in [6.07, 6.45) is 2.76. The first-order chi connectivity index (χ1) is 9.51. The maximum Gasteiger partial charge on any atom is 0.254 e. The van der Waals surface area contributed by atoms with Gasteiger partial charge in [0.2, 0.25) is 0 Å². The first kappa shape index (κ1) is 15.5. The number of carbonyl (C=O) groups is 1. The number of piperidine rings is 1. The molecule has 0 spiro atoms. The summed E-state index contributed by atoms with van der Waals surface area (Å²) in [5.41, 5.74) is 1.80. The van der Waals surface area contributed by atoms with E-state index in [1.54, 1.807) is 0 Å². The van der Waals surface area contributed by atoms with E-state index in [1.165, 1.54) is 0 Å². The first-order valence-corrected chi connectivity index (χ1v) is 7.97. The van der Waals surface area contributed by atoms with Crippen LogP contribution < -0.4 is 0 Å². The minimum atomic E-state index is 0.0194. The number of likely N-dealkylation sites (tertiary alicyclic amines) is 1. The molecule has 0 unspecified atom stereocenters. The van der Waals surface area contributed by atoms with Gasteiger partial charge in [0.1, 0.15) is 0 Å². The second-order valence-corrected chi connectivity index (χ2v) is 6.68.